The summed E-state index contributed by atoms with van der Waals surface area (Å²) in [6.45, 7) is 4.46. The molecule has 2 rings (SSSR count). The van der Waals surface area contributed by atoms with Crippen LogP contribution in [0.15, 0.2) is 12.1 Å². The molecule has 1 fully saturated rings. The number of carbonyl (C=O) groups is 1. The van der Waals surface area contributed by atoms with E-state index in [1.54, 1.807) is 12.1 Å². The molecule has 3 nitrogen and oxygen atoms in total. The largest absolute Gasteiger partial charge is 0.396 e. The highest BCUT2D eigenvalue weighted by Gasteiger charge is 2.25. The van der Waals surface area contributed by atoms with Crippen LogP contribution in [0.4, 0.5) is 5.69 Å². The van der Waals surface area contributed by atoms with E-state index in [2.05, 4.69) is 19.2 Å². The molecule has 1 aromatic rings. The molecule has 1 amide bonds. The lowest BCUT2D eigenvalue weighted by Gasteiger charge is -2.32. The molecule has 0 saturated heterocycles. The quantitative estimate of drug-likeness (QED) is 0.806. The van der Waals surface area contributed by atoms with Gasteiger partial charge in [-0.05, 0) is 43.2 Å². The molecule has 0 aromatic heterocycles. The van der Waals surface area contributed by atoms with Gasteiger partial charge in [-0.15, -0.1) is 0 Å². The highest BCUT2D eigenvalue weighted by Crippen LogP contribution is 2.30. The van der Waals surface area contributed by atoms with Crippen LogP contribution in [0.1, 0.15) is 43.5 Å². The number of halogens is 2. The van der Waals surface area contributed by atoms with Gasteiger partial charge in [0.15, 0.2) is 0 Å². The van der Waals surface area contributed by atoms with Gasteiger partial charge in [0, 0.05) is 11.6 Å². The van der Waals surface area contributed by atoms with Crippen molar-refractivity contribution in [3.63, 3.8) is 0 Å². The Balaban J connectivity index is 2.08. The molecular formula is C15H20Cl2N2O. The zero-order valence-corrected chi connectivity index (χ0v) is 13.3. The van der Waals surface area contributed by atoms with Crippen molar-refractivity contribution in [2.75, 3.05) is 5.73 Å². The van der Waals surface area contributed by atoms with Crippen molar-refractivity contribution in [1.29, 1.82) is 0 Å². The monoisotopic (exact) mass is 314 g/mol. The topological polar surface area (TPSA) is 55.1 Å². The van der Waals surface area contributed by atoms with Crippen molar-refractivity contribution in [1.82, 2.24) is 5.32 Å². The number of amides is 1. The predicted molar refractivity (Wildman–Crippen MR) is 84.3 cm³/mol. The minimum atomic E-state index is -0.139. The lowest BCUT2D eigenvalue weighted by molar-refractivity contribution is 0.0911. The highest BCUT2D eigenvalue weighted by atomic mass is 35.5. The highest BCUT2D eigenvalue weighted by molar-refractivity contribution is 6.39. The van der Waals surface area contributed by atoms with Gasteiger partial charge in [0.25, 0.3) is 5.91 Å². The second-order valence-electron chi connectivity index (χ2n) is 5.94. The van der Waals surface area contributed by atoms with Crippen molar-refractivity contribution in [3.05, 3.63) is 27.7 Å². The van der Waals surface area contributed by atoms with Gasteiger partial charge >= 0.3 is 0 Å². The minimum Gasteiger partial charge on any atom is -0.396 e. The summed E-state index contributed by atoms with van der Waals surface area (Å²) in [5, 5.41) is 3.70. The number of hydrogen-bond donors (Lipinski definition) is 2. The fourth-order valence-corrected chi connectivity index (χ4v) is 3.54. The van der Waals surface area contributed by atoms with Crippen molar-refractivity contribution in [3.8, 4) is 0 Å². The summed E-state index contributed by atoms with van der Waals surface area (Å²) in [6, 6.07) is 3.35. The first kappa shape index (κ1) is 15.5. The van der Waals surface area contributed by atoms with Crippen molar-refractivity contribution in [2.45, 2.75) is 39.2 Å². The summed E-state index contributed by atoms with van der Waals surface area (Å²) >= 11 is 11.9. The molecule has 2 atom stereocenters. The molecule has 1 saturated carbocycles. The maximum atomic E-state index is 12.3. The fraction of sp³-hybridized carbons (Fsp3) is 0.533. The van der Waals surface area contributed by atoms with Gasteiger partial charge in [0.1, 0.15) is 0 Å². The SMILES string of the molecule is CC1CC(C)CC(NC(=O)c2cc(Cl)c(N)c(Cl)c2)C1. The molecule has 0 bridgehead atoms. The summed E-state index contributed by atoms with van der Waals surface area (Å²) < 4.78 is 0. The maximum Gasteiger partial charge on any atom is 0.251 e. The summed E-state index contributed by atoms with van der Waals surface area (Å²) in [4.78, 5) is 12.3. The summed E-state index contributed by atoms with van der Waals surface area (Å²) in [5.74, 6) is 1.14. The zero-order chi connectivity index (χ0) is 14.9. The Kier molecular flexibility index (Phi) is 4.82. The molecule has 5 heteroatoms. The average molecular weight is 315 g/mol. The van der Waals surface area contributed by atoms with E-state index in [-0.39, 0.29) is 11.9 Å². The minimum absolute atomic E-state index is 0.139. The normalized spacial score (nSPS) is 26.3. The Morgan fingerprint density at radius 2 is 1.65 bits per heavy atom. The van der Waals surface area contributed by atoms with Gasteiger partial charge in [-0.3, -0.25) is 4.79 Å². The second kappa shape index (κ2) is 6.23. The molecule has 0 radical (unpaired) electrons. The van der Waals surface area contributed by atoms with Crippen molar-refractivity contribution in [2.24, 2.45) is 11.8 Å². The van der Waals surface area contributed by atoms with E-state index in [4.69, 9.17) is 28.9 Å². The smallest absolute Gasteiger partial charge is 0.251 e. The molecule has 2 unspecified atom stereocenters. The Hall–Kier alpha value is -0.930. The average Bonchev–Trinajstić information content (AvgIpc) is 2.33. The van der Waals surface area contributed by atoms with Crippen LogP contribution in [0, 0.1) is 11.8 Å². The van der Waals surface area contributed by atoms with E-state index in [1.807, 2.05) is 0 Å². The van der Waals surface area contributed by atoms with Crippen LogP contribution in [-0.4, -0.2) is 11.9 Å². The van der Waals surface area contributed by atoms with Crippen molar-refractivity contribution >= 4 is 34.8 Å². The van der Waals surface area contributed by atoms with Crippen LogP contribution in [0.25, 0.3) is 0 Å². The van der Waals surface area contributed by atoms with E-state index in [0.717, 1.165) is 12.8 Å². The van der Waals surface area contributed by atoms with Gasteiger partial charge < -0.3 is 11.1 Å². The predicted octanol–water partition coefficient (Wildman–Crippen LogP) is 4.13. The number of anilines is 1. The molecule has 0 spiro atoms. The van der Waals surface area contributed by atoms with Crippen LogP contribution < -0.4 is 11.1 Å². The summed E-state index contributed by atoms with van der Waals surface area (Å²) in [7, 11) is 0. The number of carbonyl (C=O) groups excluding carboxylic acids is 1. The van der Waals surface area contributed by atoms with E-state index < -0.39 is 0 Å². The molecule has 1 aromatic carbocycles. The third-order valence-electron chi connectivity index (χ3n) is 3.85. The number of benzene rings is 1. The molecule has 0 aliphatic heterocycles. The molecule has 20 heavy (non-hydrogen) atoms. The third-order valence-corrected chi connectivity index (χ3v) is 4.48. The van der Waals surface area contributed by atoms with Gasteiger partial charge in [-0.25, -0.2) is 0 Å². The number of nitrogens with one attached hydrogen (secondary N) is 1. The molecule has 3 N–H and O–H groups in total. The van der Waals surface area contributed by atoms with Gasteiger partial charge in [-0.1, -0.05) is 37.0 Å². The Morgan fingerprint density at radius 1 is 1.15 bits per heavy atom. The molecule has 1 aliphatic rings. The molecule has 0 heterocycles. The number of nitrogens with two attached hydrogens (primary N) is 1. The van der Waals surface area contributed by atoms with E-state index in [9.17, 15) is 4.79 Å². The first-order chi connectivity index (χ1) is 9.36. The summed E-state index contributed by atoms with van der Waals surface area (Å²) in [6.07, 6.45) is 3.27. The van der Waals surface area contributed by atoms with Crippen LogP contribution in [0.3, 0.4) is 0 Å². The second-order valence-corrected chi connectivity index (χ2v) is 6.76. The first-order valence-corrected chi connectivity index (χ1v) is 7.67. The van der Waals surface area contributed by atoms with Crippen LogP contribution in [0.2, 0.25) is 10.0 Å². The van der Waals surface area contributed by atoms with Crippen LogP contribution in [-0.2, 0) is 0 Å². The first-order valence-electron chi connectivity index (χ1n) is 6.92. The summed E-state index contributed by atoms with van der Waals surface area (Å²) in [5.41, 5.74) is 6.44. The van der Waals surface area contributed by atoms with Gasteiger partial charge in [-0.2, -0.15) is 0 Å². The molecular weight excluding hydrogens is 295 g/mol. The zero-order valence-electron chi connectivity index (χ0n) is 11.7. The molecule has 1 aliphatic carbocycles. The van der Waals surface area contributed by atoms with E-state index >= 15 is 0 Å². The Bertz CT molecular complexity index is 486. The number of hydrogen-bond acceptors (Lipinski definition) is 2. The Labute approximate surface area is 129 Å². The van der Waals surface area contributed by atoms with Crippen molar-refractivity contribution < 1.29 is 4.79 Å². The fourth-order valence-electron chi connectivity index (χ4n) is 3.05. The third kappa shape index (κ3) is 3.58. The lowest BCUT2D eigenvalue weighted by atomic mass is 9.80. The van der Waals surface area contributed by atoms with Gasteiger partial charge in [0.05, 0.1) is 15.7 Å². The maximum absolute atomic E-state index is 12.3. The lowest BCUT2D eigenvalue weighted by Crippen LogP contribution is -2.40. The van der Waals surface area contributed by atoms with E-state index in [0.29, 0.717) is 33.1 Å². The van der Waals surface area contributed by atoms with Gasteiger partial charge in [0.2, 0.25) is 0 Å². The molecule has 110 valence electrons. The Morgan fingerprint density at radius 3 is 2.15 bits per heavy atom. The standard InChI is InChI=1S/C15H20Cl2N2O/c1-8-3-9(2)5-11(4-8)19-15(20)10-6-12(16)14(18)13(17)7-10/h6-9,11H,3-5,18H2,1-2H3,(H,19,20). The number of rotatable bonds is 2. The van der Waals surface area contributed by atoms with Crippen LogP contribution in [0.5, 0.6) is 0 Å². The van der Waals surface area contributed by atoms with E-state index in [1.165, 1.54) is 6.42 Å². The van der Waals surface area contributed by atoms with Crippen LogP contribution >= 0.6 is 23.2 Å². The number of nitrogen functional groups attached to an aromatic ring is 1.